The number of anilines is 1. The van der Waals surface area contributed by atoms with Gasteiger partial charge in [-0.2, -0.15) is 0 Å². The average Bonchev–Trinajstić information content (AvgIpc) is 3.05. The highest BCUT2D eigenvalue weighted by Crippen LogP contribution is 2.40. The number of hydrogen-bond acceptors (Lipinski definition) is 5. The lowest BCUT2D eigenvalue weighted by Gasteiger charge is -2.30. The number of rotatable bonds is 9. The number of nitrogens with one attached hydrogen (secondary N) is 1. The molecule has 0 aliphatic carbocycles. The summed E-state index contributed by atoms with van der Waals surface area (Å²) in [5.74, 6) is 0.306. The summed E-state index contributed by atoms with van der Waals surface area (Å²) in [5, 5.41) is 3.36. The Morgan fingerprint density at radius 3 is 2.38 bits per heavy atom. The van der Waals surface area contributed by atoms with Gasteiger partial charge in [0.15, 0.2) is 0 Å². The van der Waals surface area contributed by atoms with Crippen molar-refractivity contribution in [3.63, 3.8) is 0 Å². The van der Waals surface area contributed by atoms with Gasteiger partial charge in [-0.3, -0.25) is 14.5 Å². The summed E-state index contributed by atoms with van der Waals surface area (Å²) in [4.78, 5) is 29.1. The molecule has 0 saturated carbocycles. The molecule has 8 heteroatoms. The minimum Gasteiger partial charge on any atom is -0.495 e. The Morgan fingerprint density at radius 2 is 1.83 bits per heavy atom. The molecular formula is C21H32ClN3O4. The molecular weight excluding hydrogens is 394 g/mol. The van der Waals surface area contributed by atoms with E-state index in [4.69, 9.17) is 21.1 Å². The van der Waals surface area contributed by atoms with Crippen molar-refractivity contribution in [1.82, 2.24) is 10.2 Å². The topological polar surface area (TPSA) is 71.1 Å². The summed E-state index contributed by atoms with van der Waals surface area (Å²) in [5.41, 5.74) is 0.546. The number of methoxy groups -OCH3 is 2. The van der Waals surface area contributed by atoms with Gasteiger partial charge in [-0.05, 0) is 33.8 Å². The predicted molar refractivity (Wildman–Crippen MR) is 115 cm³/mol. The van der Waals surface area contributed by atoms with E-state index in [1.54, 1.807) is 17.0 Å². The van der Waals surface area contributed by atoms with Crippen molar-refractivity contribution in [1.29, 1.82) is 0 Å². The normalized spacial score (nSPS) is 16.8. The van der Waals surface area contributed by atoms with Crippen LogP contribution in [0.5, 0.6) is 11.5 Å². The lowest BCUT2D eigenvalue weighted by molar-refractivity contribution is -0.126. The molecule has 1 fully saturated rings. The maximum atomic E-state index is 12.6. The first-order chi connectivity index (χ1) is 13.7. The number of carbonyl (C=O) groups excluding carboxylic acids is 2. The first-order valence-corrected chi connectivity index (χ1v) is 10.3. The molecule has 1 saturated heterocycles. The zero-order valence-electron chi connectivity index (χ0n) is 18.1. The monoisotopic (exact) mass is 425 g/mol. The van der Waals surface area contributed by atoms with Crippen molar-refractivity contribution >= 4 is 29.1 Å². The Labute approximate surface area is 178 Å². The third kappa shape index (κ3) is 5.54. The van der Waals surface area contributed by atoms with Gasteiger partial charge in [0.25, 0.3) is 0 Å². The van der Waals surface area contributed by atoms with Crippen LogP contribution in [0.3, 0.4) is 0 Å². The summed E-state index contributed by atoms with van der Waals surface area (Å²) in [6.07, 6.45) is 0.163. The second kappa shape index (κ2) is 10.2. The smallest absolute Gasteiger partial charge is 0.227 e. The maximum Gasteiger partial charge on any atom is 0.227 e. The Morgan fingerprint density at radius 1 is 1.21 bits per heavy atom. The van der Waals surface area contributed by atoms with Crippen LogP contribution in [-0.4, -0.2) is 62.7 Å². The predicted octanol–water partition coefficient (Wildman–Crippen LogP) is 2.95. The fraction of sp³-hybridized carbons (Fsp3) is 0.619. The van der Waals surface area contributed by atoms with Crippen molar-refractivity contribution in [2.24, 2.45) is 5.92 Å². The zero-order chi connectivity index (χ0) is 21.7. The zero-order valence-corrected chi connectivity index (χ0v) is 18.9. The molecule has 1 aromatic carbocycles. The van der Waals surface area contributed by atoms with Crippen LogP contribution in [-0.2, 0) is 9.59 Å². The lowest BCUT2D eigenvalue weighted by Crippen LogP contribution is -2.43. The second-order valence-corrected chi connectivity index (χ2v) is 8.19. The van der Waals surface area contributed by atoms with Crippen molar-refractivity contribution < 1.29 is 19.1 Å². The van der Waals surface area contributed by atoms with E-state index in [2.05, 4.69) is 37.9 Å². The van der Waals surface area contributed by atoms with Crippen LogP contribution in [0, 0.1) is 5.92 Å². The number of amides is 2. The van der Waals surface area contributed by atoms with Gasteiger partial charge in [0.05, 0.1) is 30.8 Å². The molecule has 29 heavy (non-hydrogen) atoms. The standard InChI is InChI=1S/C21H32ClN3O4/c1-13(2)24(14(3)4)8-7-23-21(27)15-9-20(26)25(12-15)17-10-16(22)18(28-5)11-19(17)29-6/h10-11,13-15H,7-9,12H2,1-6H3,(H,23,27)/t15-/m1/s1. The van der Waals surface area contributed by atoms with Gasteiger partial charge in [0.2, 0.25) is 11.8 Å². The van der Waals surface area contributed by atoms with Crippen molar-refractivity contribution in [3.8, 4) is 11.5 Å². The Balaban J connectivity index is 2.03. The molecule has 1 heterocycles. The molecule has 1 aromatic rings. The molecule has 1 aliphatic heterocycles. The van der Waals surface area contributed by atoms with Gasteiger partial charge < -0.3 is 19.7 Å². The Kier molecular flexibility index (Phi) is 8.16. The van der Waals surface area contributed by atoms with E-state index in [1.165, 1.54) is 14.2 Å². The largest absolute Gasteiger partial charge is 0.495 e. The number of carbonyl (C=O) groups is 2. The molecule has 7 nitrogen and oxygen atoms in total. The van der Waals surface area contributed by atoms with Crippen molar-refractivity contribution in [2.75, 3.05) is 38.8 Å². The minimum absolute atomic E-state index is 0.105. The molecule has 2 amide bonds. The highest BCUT2D eigenvalue weighted by molar-refractivity contribution is 6.32. The first-order valence-electron chi connectivity index (χ1n) is 9.94. The fourth-order valence-electron chi connectivity index (χ4n) is 3.74. The number of halogens is 1. The van der Waals surface area contributed by atoms with E-state index in [-0.39, 0.29) is 18.2 Å². The number of ether oxygens (including phenoxy) is 2. The average molecular weight is 426 g/mol. The number of benzene rings is 1. The van der Waals surface area contributed by atoms with E-state index in [9.17, 15) is 9.59 Å². The molecule has 1 aliphatic rings. The molecule has 1 N–H and O–H groups in total. The van der Waals surface area contributed by atoms with Gasteiger partial charge in [-0.1, -0.05) is 11.6 Å². The van der Waals surface area contributed by atoms with Crippen LogP contribution in [0.4, 0.5) is 5.69 Å². The molecule has 162 valence electrons. The molecule has 0 spiro atoms. The first kappa shape index (κ1) is 23.3. The Hall–Kier alpha value is -1.99. The molecule has 0 bridgehead atoms. The third-order valence-corrected chi connectivity index (χ3v) is 5.53. The fourth-order valence-corrected chi connectivity index (χ4v) is 3.97. The van der Waals surface area contributed by atoms with Crippen LogP contribution in [0.25, 0.3) is 0 Å². The minimum atomic E-state index is -0.403. The van der Waals surface area contributed by atoms with Gasteiger partial charge >= 0.3 is 0 Å². The molecule has 0 radical (unpaired) electrons. The van der Waals surface area contributed by atoms with Gasteiger partial charge in [0.1, 0.15) is 11.5 Å². The molecule has 0 aromatic heterocycles. The lowest BCUT2D eigenvalue weighted by atomic mass is 10.1. The SMILES string of the molecule is COc1cc(OC)c(N2C[C@H](C(=O)NCCN(C(C)C)C(C)C)CC2=O)cc1Cl. The van der Waals surface area contributed by atoms with Gasteiger partial charge in [-0.25, -0.2) is 0 Å². The second-order valence-electron chi connectivity index (χ2n) is 7.78. The van der Waals surface area contributed by atoms with Crippen molar-refractivity contribution in [3.05, 3.63) is 17.2 Å². The van der Waals surface area contributed by atoms with E-state index < -0.39 is 5.92 Å². The summed E-state index contributed by atoms with van der Waals surface area (Å²) in [6, 6.07) is 4.09. The van der Waals surface area contributed by atoms with Crippen LogP contribution in [0.15, 0.2) is 12.1 Å². The molecule has 0 unspecified atom stereocenters. The highest BCUT2D eigenvalue weighted by atomic mass is 35.5. The van der Waals surface area contributed by atoms with E-state index >= 15 is 0 Å². The quantitative estimate of drug-likeness (QED) is 0.658. The number of hydrogen-bond donors (Lipinski definition) is 1. The van der Waals surface area contributed by atoms with Crippen molar-refractivity contribution in [2.45, 2.75) is 46.2 Å². The Bertz CT molecular complexity index is 731. The summed E-state index contributed by atoms with van der Waals surface area (Å²) >= 11 is 6.23. The summed E-state index contributed by atoms with van der Waals surface area (Å²) in [7, 11) is 3.04. The van der Waals surface area contributed by atoms with Crippen LogP contribution >= 0.6 is 11.6 Å². The molecule has 2 rings (SSSR count). The van der Waals surface area contributed by atoms with Gasteiger partial charge in [0, 0.05) is 44.2 Å². The summed E-state index contributed by atoms with van der Waals surface area (Å²) in [6.45, 7) is 10.2. The van der Waals surface area contributed by atoms with Crippen LogP contribution < -0.4 is 19.7 Å². The highest BCUT2D eigenvalue weighted by Gasteiger charge is 2.36. The van der Waals surface area contributed by atoms with Crippen LogP contribution in [0.2, 0.25) is 5.02 Å². The third-order valence-electron chi connectivity index (χ3n) is 5.24. The van der Waals surface area contributed by atoms with Crippen LogP contribution in [0.1, 0.15) is 34.1 Å². The number of nitrogens with zero attached hydrogens (tertiary/aromatic N) is 2. The summed E-state index contributed by atoms with van der Waals surface area (Å²) < 4.78 is 10.6. The van der Waals surface area contributed by atoms with E-state index in [0.29, 0.717) is 47.4 Å². The van der Waals surface area contributed by atoms with E-state index in [1.807, 2.05) is 0 Å². The molecule has 1 atom stereocenters. The maximum absolute atomic E-state index is 12.6. The van der Waals surface area contributed by atoms with E-state index in [0.717, 1.165) is 6.54 Å². The van der Waals surface area contributed by atoms with Gasteiger partial charge in [-0.15, -0.1) is 0 Å².